The SMILES string of the molecule is C1=CC=CC=NN=1. The van der Waals surface area contributed by atoms with E-state index in [4.69, 9.17) is 0 Å². The lowest BCUT2D eigenvalue weighted by Gasteiger charge is -1.60. The van der Waals surface area contributed by atoms with Crippen LogP contribution in [-0.4, -0.2) is 12.1 Å². The van der Waals surface area contributed by atoms with Crippen LogP contribution in [0.4, 0.5) is 0 Å². The number of rotatable bonds is 0. The predicted octanol–water partition coefficient (Wildman–Crippen LogP) is 0.768. The molecule has 7 heavy (non-hydrogen) atoms. The molecule has 0 fully saturated rings. The highest BCUT2D eigenvalue weighted by molar-refractivity contribution is 5.74. The van der Waals surface area contributed by atoms with Crippen molar-refractivity contribution < 1.29 is 0 Å². The van der Waals surface area contributed by atoms with Gasteiger partial charge in [-0.2, -0.15) is 5.10 Å². The van der Waals surface area contributed by atoms with Crippen molar-refractivity contribution in [2.45, 2.75) is 0 Å². The van der Waals surface area contributed by atoms with Crippen molar-refractivity contribution in [2.24, 2.45) is 10.2 Å². The third kappa shape index (κ3) is 1.16. The standard InChI is InChI=1S/C5H4N2/c1-2-4-6-7-5-3-1/h1-4H. The minimum atomic E-state index is 1.61. The Morgan fingerprint density at radius 1 is 1.29 bits per heavy atom. The molecule has 0 atom stereocenters. The maximum atomic E-state index is 3.54. The average Bonchev–Trinajstić information content (AvgIpc) is 1.90. The van der Waals surface area contributed by atoms with Crippen LogP contribution in [0.25, 0.3) is 0 Å². The van der Waals surface area contributed by atoms with E-state index in [1.54, 1.807) is 18.4 Å². The Balaban J connectivity index is 2.86. The van der Waals surface area contributed by atoms with Crippen molar-refractivity contribution in [2.75, 3.05) is 0 Å². The Morgan fingerprint density at radius 3 is 3.29 bits per heavy atom. The Kier molecular flexibility index (Phi) is 1.21. The van der Waals surface area contributed by atoms with Crippen LogP contribution in [0, 0.1) is 0 Å². The molecule has 1 aliphatic rings. The van der Waals surface area contributed by atoms with E-state index in [0.717, 1.165) is 0 Å². The zero-order valence-electron chi connectivity index (χ0n) is 3.70. The molecule has 1 aliphatic heterocycles. The van der Waals surface area contributed by atoms with Gasteiger partial charge in [-0.1, -0.05) is 6.08 Å². The maximum absolute atomic E-state index is 3.54. The Morgan fingerprint density at radius 2 is 2.29 bits per heavy atom. The fourth-order valence-corrected chi connectivity index (χ4v) is 0.287. The zero-order valence-corrected chi connectivity index (χ0v) is 3.70. The van der Waals surface area contributed by atoms with Gasteiger partial charge >= 0.3 is 0 Å². The summed E-state index contributed by atoms with van der Waals surface area (Å²) < 4.78 is 0. The van der Waals surface area contributed by atoms with E-state index in [1.807, 2.05) is 6.08 Å². The second-order valence-corrected chi connectivity index (χ2v) is 1.05. The fourth-order valence-electron chi connectivity index (χ4n) is 0.287. The molecule has 0 bridgehead atoms. The van der Waals surface area contributed by atoms with Gasteiger partial charge in [0.1, 0.15) is 0 Å². The molecular weight excluding hydrogens is 88.1 g/mol. The van der Waals surface area contributed by atoms with Crippen LogP contribution < -0.4 is 0 Å². The zero-order chi connectivity index (χ0) is 4.95. The number of allylic oxidation sites excluding steroid dienone is 3. The van der Waals surface area contributed by atoms with Gasteiger partial charge in [0.25, 0.3) is 0 Å². The first kappa shape index (κ1) is 4.03. The molecular formula is C5H4N2. The van der Waals surface area contributed by atoms with Crippen molar-refractivity contribution in [1.29, 1.82) is 0 Å². The highest BCUT2D eigenvalue weighted by atomic mass is 15.2. The quantitative estimate of drug-likeness (QED) is 0.421. The van der Waals surface area contributed by atoms with Crippen LogP contribution >= 0.6 is 0 Å². The van der Waals surface area contributed by atoms with Gasteiger partial charge in [0, 0.05) is 11.9 Å². The Bertz CT molecular complexity index is 143. The number of nitrogens with zero attached hydrogens (tertiary/aromatic N) is 2. The molecule has 0 unspecified atom stereocenters. The lowest BCUT2D eigenvalue weighted by atomic mass is 10.5. The predicted molar refractivity (Wildman–Crippen MR) is 29.6 cm³/mol. The average molecular weight is 92.1 g/mol. The fraction of sp³-hybridized carbons (Fsp3) is 0. The summed E-state index contributed by atoms with van der Waals surface area (Å²) in [4.78, 5) is 0. The molecule has 0 spiro atoms. The molecule has 1 heterocycles. The van der Waals surface area contributed by atoms with Crippen molar-refractivity contribution >= 4 is 12.1 Å². The molecule has 0 aliphatic carbocycles. The van der Waals surface area contributed by atoms with E-state index in [-0.39, 0.29) is 0 Å². The molecule has 0 amide bonds. The van der Waals surface area contributed by atoms with Gasteiger partial charge in [0.05, 0.1) is 6.21 Å². The van der Waals surface area contributed by atoms with E-state index in [0.29, 0.717) is 0 Å². The molecule has 0 aromatic heterocycles. The molecule has 1 rings (SSSR count). The minimum absolute atomic E-state index is 1.61. The second kappa shape index (κ2) is 2.11. The van der Waals surface area contributed by atoms with Gasteiger partial charge in [-0.15, -0.1) is 5.10 Å². The third-order valence-corrected chi connectivity index (χ3v) is 0.550. The van der Waals surface area contributed by atoms with E-state index >= 15 is 0 Å². The summed E-state index contributed by atoms with van der Waals surface area (Å²) >= 11 is 0. The summed E-state index contributed by atoms with van der Waals surface area (Å²) in [5.41, 5.74) is 0. The summed E-state index contributed by atoms with van der Waals surface area (Å²) in [6.45, 7) is 0. The van der Waals surface area contributed by atoms with Gasteiger partial charge in [-0.25, -0.2) is 0 Å². The van der Waals surface area contributed by atoms with Crippen LogP contribution in [0.5, 0.6) is 0 Å². The van der Waals surface area contributed by atoms with Crippen LogP contribution in [0.2, 0.25) is 0 Å². The maximum Gasteiger partial charge on any atom is 0.0503 e. The number of hydrogen-bond donors (Lipinski definition) is 0. The highest BCUT2D eigenvalue weighted by Crippen LogP contribution is 1.74. The summed E-state index contributed by atoms with van der Waals surface area (Å²) in [5, 5.41) is 7.01. The van der Waals surface area contributed by atoms with Gasteiger partial charge in [-0.3, -0.25) is 0 Å². The summed E-state index contributed by atoms with van der Waals surface area (Å²) in [6, 6.07) is 0. The monoisotopic (exact) mass is 92.0 g/mol. The van der Waals surface area contributed by atoms with Crippen LogP contribution in [-0.2, 0) is 0 Å². The van der Waals surface area contributed by atoms with E-state index in [9.17, 15) is 0 Å². The third-order valence-electron chi connectivity index (χ3n) is 0.550. The minimum Gasteiger partial charge on any atom is -0.150 e. The molecule has 0 saturated carbocycles. The lowest BCUT2D eigenvalue weighted by molar-refractivity contribution is 1.28. The van der Waals surface area contributed by atoms with Gasteiger partial charge in [-0.05, 0) is 6.08 Å². The molecule has 0 aromatic carbocycles. The van der Waals surface area contributed by atoms with Gasteiger partial charge in [0.15, 0.2) is 0 Å². The van der Waals surface area contributed by atoms with E-state index in [2.05, 4.69) is 16.1 Å². The normalized spacial score (nSPS) is 14.9. The van der Waals surface area contributed by atoms with Crippen molar-refractivity contribution in [3.05, 3.63) is 18.2 Å². The first-order valence-corrected chi connectivity index (χ1v) is 1.97. The Labute approximate surface area is 41.6 Å². The molecule has 0 aromatic rings. The van der Waals surface area contributed by atoms with Crippen molar-refractivity contribution in [3.63, 3.8) is 0 Å². The molecule has 34 valence electrons. The first-order valence-electron chi connectivity index (χ1n) is 1.97. The second-order valence-electron chi connectivity index (χ2n) is 1.05. The first-order chi connectivity index (χ1) is 3.50. The molecule has 0 radical (unpaired) electrons. The van der Waals surface area contributed by atoms with Crippen LogP contribution in [0.1, 0.15) is 0 Å². The smallest absolute Gasteiger partial charge is 0.0503 e. The van der Waals surface area contributed by atoms with E-state index in [1.165, 1.54) is 0 Å². The summed E-state index contributed by atoms with van der Waals surface area (Å²) in [6.07, 6.45) is 6.92. The molecule has 2 heteroatoms. The van der Waals surface area contributed by atoms with E-state index < -0.39 is 0 Å². The van der Waals surface area contributed by atoms with Crippen molar-refractivity contribution in [3.8, 4) is 0 Å². The highest BCUT2D eigenvalue weighted by Gasteiger charge is 1.64. The molecule has 2 nitrogen and oxygen atoms in total. The molecule has 0 saturated heterocycles. The van der Waals surface area contributed by atoms with Crippen molar-refractivity contribution in [1.82, 2.24) is 0 Å². The molecule has 0 N–H and O–H groups in total. The van der Waals surface area contributed by atoms with Gasteiger partial charge in [0.2, 0.25) is 0 Å². The summed E-state index contributed by atoms with van der Waals surface area (Å²) in [7, 11) is 0. The summed E-state index contributed by atoms with van der Waals surface area (Å²) in [5.74, 6) is 2.56. The topological polar surface area (TPSA) is 24.7 Å². The van der Waals surface area contributed by atoms with Crippen LogP contribution in [0.15, 0.2) is 28.4 Å². The number of hydrogen-bond acceptors (Lipinski definition) is 2. The largest absolute Gasteiger partial charge is 0.150 e. The van der Waals surface area contributed by atoms with Gasteiger partial charge < -0.3 is 0 Å². The lowest BCUT2D eigenvalue weighted by Crippen LogP contribution is -1.53. The Hall–Kier alpha value is -1.14. The van der Waals surface area contributed by atoms with Crippen LogP contribution in [0.3, 0.4) is 0 Å².